The van der Waals surface area contributed by atoms with Crippen LogP contribution < -0.4 is 11.1 Å². The van der Waals surface area contributed by atoms with E-state index in [1.807, 2.05) is 30.3 Å². The van der Waals surface area contributed by atoms with Crippen molar-refractivity contribution in [3.05, 3.63) is 76.3 Å². The molecule has 25 heavy (non-hydrogen) atoms. The lowest BCUT2D eigenvalue weighted by molar-refractivity contribution is -0.115. The number of hydrogen-bond donors (Lipinski definition) is 2. The minimum atomic E-state index is -0.519. The average molecular weight is 353 g/mol. The van der Waals surface area contributed by atoms with Crippen LogP contribution in [0.4, 0.5) is 5.69 Å². The summed E-state index contributed by atoms with van der Waals surface area (Å²) in [6.45, 7) is 1.80. The number of carbonyl (C=O) groups is 2. The lowest BCUT2D eigenvalue weighted by atomic mass is 10.0. The number of fused-ring (bicyclic) bond motifs is 1. The van der Waals surface area contributed by atoms with E-state index in [-0.39, 0.29) is 12.3 Å². The summed E-state index contributed by atoms with van der Waals surface area (Å²) < 4.78 is 0. The zero-order chi connectivity index (χ0) is 18.0. The molecular formula is C20H17ClN2O2. The molecule has 0 spiro atoms. The van der Waals surface area contributed by atoms with Gasteiger partial charge in [-0.15, -0.1) is 0 Å². The number of benzene rings is 3. The van der Waals surface area contributed by atoms with Gasteiger partial charge in [0.05, 0.1) is 6.42 Å². The molecule has 0 radical (unpaired) electrons. The maximum atomic E-state index is 12.4. The van der Waals surface area contributed by atoms with Crippen molar-refractivity contribution in [2.24, 2.45) is 5.73 Å². The molecule has 0 aromatic heterocycles. The molecule has 5 heteroatoms. The summed E-state index contributed by atoms with van der Waals surface area (Å²) in [5.41, 5.74) is 7.90. The first-order valence-electron chi connectivity index (χ1n) is 7.81. The summed E-state index contributed by atoms with van der Waals surface area (Å²) in [4.78, 5) is 23.9. The van der Waals surface area contributed by atoms with Crippen LogP contribution in [0.1, 0.15) is 21.5 Å². The largest absolute Gasteiger partial charge is 0.366 e. The molecule has 0 unspecified atom stereocenters. The normalized spacial score (nSPS) is 10.6. The van der Waals surface area contributed by atoms with Crippen LogP contribution in [-0.2, 0) is 11.2 Å². The summed E-state index contributed by atoms with van der Waals surface area (Å²) in [6.07, 6.45) is 0.181. The number of rotatable bonds is 4. The molecule has 0 saturated carbocycles. The van der Waals surface area contributed by atoms with Gasteiger partial charge in [-0.3, -0.25) is 9.59 Å². The van der Waals surface area contributed by atoms with Gasteiger partial charge in [-0.25, -0.2) is 0 Å². The van der Waals surface area contributed by atoms with Crippen LogP contribution in [-0.4, -0.2) is 11.8 Å². The highest BCUT2D eigenvalue weighted by molar-refractivity contribution is 6.31. The number of nitrogens with one attached hydrogen (secondary N) is 1. The zero-order valence-corrected chi connectivity index (χ0v) is 14.4. The summed E-state index contributed by atoms with van der Waals surface area (Å²) >= 11 is 6.16. The quantitative estimate of drug-likeness (QED) is 0.742. The van der Waals surface area contributed by atoms with Gasteiger partial charge in [-0.2, -0.15) is 0 Å². The van der Waals surface area contributed by atoms with Crippen LogP contribution >= 0.6 is 11.6 Å². The third-order valence-corrected chi connectivity index (χ3v) is 4.27. The lowest BCUT2D eigenvalue weighted by Gasteiger charge is -2.10. The predicted octanol–water partition coefficient (Wildman–Crippen LogP) is 4.08. The van der Waals surface area contributed by atoms with E-state index in [9.17, 15) is 9.59 Å². The molecule has 0 aliphatic heterocycles. The molecule has 4 nitrogen and oxygen atoms in total. The van der Waals surface area contributed by atoms with E-state index in [1.54, 1.807) is 31.2 Å². The van der Waals surface area contributed by atoms with Gasteiger partial charge in [0.15, 0.2) is 0 Å². The Morgan fingerprint density at radius 1 is 1.08 bits per heavy atom. The summed E-state index contributed by atoms with van der Waals surface area (Å²) in [5.74, 6) is -0.707. The highest BCUT2D eigenvalue weighted by Gasteiger charge is 2.11. The Bertz CT molecular complexity index is 983. The van der Waals surface area contributed by atoms with E-state index in [0.29, 0.717) is 16.3 Å². The Morgan fingerprint density at radius 3 is 2.60 bits per heavy atom. The molecule has 0 heterocycles. The number of carbonyl (C=O) groups excluding carboxylic acids is 2. The monoisotopic (exact) mass is 352 g/mol. The van der Waals surface area contributed by atoms with E-state index in [2.05, 4.69) is 5.32 Å². The summed E-state index contributed by atoms with van der Waals surface area (Å²) in [5, 5.41) is 5.38. The number of hydrogen-bond acceptors (Lipinski definition) is 2. The smallest absolute Gasteiger partial charge is 0.249 e. The highest BCUT2D eigenvalue weighted by atomic mass is 35.5. The molecule has 0 fully saturated rings. The van der Waals surface area contributed by atoms with Crippen molar-refractivity contribution in [3.8, 4) is 0 Å². The number of primary amides is 1. The Balaban J connectivity index is 1.84. The molecule has 0 bridgehead atoms. The van der Waals surface area contributed by atoms with Crippen molar-refractivity contribution in [3.63, 3.8) is 0 Å². The van der Waals surface area contributed by atoms with Crippen molar-refractivity contribution in [2.75, 3.05) is 5.32 Å². The molecule has 3 aromatic carbocycles. The third-order valence-electron chi connectivity index (χ3n) is 4.05. The van der Waals surface area contributed by atoms with E-state index in [4.69, 9.17) is 17.3 Å². The number of amides is 2. The van der Waals surface area contributed by atoms with Crippen LogP contribution in [0, 0.1) is 6.92 Å². The van der Waals surface area contributed by atoms with Gasteiger partial charge in [-0.05, 0) is 53.1 Å². The third kappa shape index (κ3) is 3.80. The molecular weight excluding hydrogens is 336 g/mol. The van der Waals surface area contributed by atoms with Crippen LogP contribution in [0.5, 0.6) is 0 Å². The van der Waals surface area contributed by atoms with Crippen molar-refractivity contribution >= 4 is 39.9 Å². The van der Waals surface area contributed by atoms with E-state index in [1.165, 1.54) is 0 Å². The standard InChI is InChI=1S/C20H17ClN2O2/c1-12-6-7-16(11-18(12)20(22)25)23-19(24)10-14-9-15(21)8-13-4-2-3-5-17(13)14/h2-9,11H,10H2,1H3,(H2,22,25)(H,23,24). The predicted molar refractivity (Wildman–Crippen MR) is 101 cm³/mol. The minimum absolute atomic E-state index is 0.181. The Labute approximate surface area is 150 Å². The maximum absolute atomic E-state index is 12.4. The average Bonchev–Trinajstić information content (AvgIpc) is 2.56. The van der Waals surface area contributed by atoms with Gasteiger partial charge < -0.3 is 11.1 Å². The molecule has 0 aliphatic rings. The summed E-state index contributed by atoms with van der Waals surface area (Å²) in [6, 6.07) is 16.5. The molecule has 2 amide bonds. The highest BCUT2D eigenvalue weighted by Crippen LogP contribution is 2.25. The van der Waals surface area contributed by atoms with Gasteiger partial charge in [0, 0.05) is 16.3 Å². The van der Waals surface area contributed by atoms with E-state index in [0.717, 1.165) is 21.9 Å². The van der Waals surface area contributed by atoms with E-state index >= 15 is 0 Å². The number of anilines is 1. The molecule has 0 atom stereocenters. The molecule has 3 aromatic rings. The Kier molecular flexibility index (Phi) is 4.72. The van der Waals surface area contributed by atoms with Crippen molar-refractivity contribution in [1.29, 1.82) is 0 Å². The molecule has 3 rings (SSSR count). The first-order valence-corrected chi connectivity index (χ1v) is 8.19. The van der Waals surface area contributed by atoms with Crippen LogP contribution in [0.3, 0.4) is 0 Å². The zero-order valence-electron chi connectivity index (χ0n) is 13.7. The topological polar surface area (TPSA) is 72.2 Å². The van der Waals surface area contributed by atoms with Crippen molar-refractivity contribution in [1.82, 2.24) is 0 Å². The molecule has 0 saturated heterocycles. The van der Waals surface area contributed by atoms with Crippen LogP contribution in [0.15, 0.2) is 54.6 Å². The lowest BCUT2D eigenvalue weighted by Crippen LogP contribution is -2.17. The fourth-order valence-electron chi connectivity index (χ4n) is 2.84. The van der Waals surface area contributed by atoms with Crippen molar-refractivity contribution < 1.29 is 9.59 Å². The van der Waals surface area contributed by atoms with E-state index < -0.39 is 5.91 Å². The molecule has 3 N–H and O–H groups in total. The summed E-state index contributed by atoms with van der Waals surface area (Å²) in [7, 11) is 0. The second-order valence-corrected chi connectivity index (χ2v) is 6.34. The number of aryl methyl sites for hydroxylation is 1. The first kappa shape index (κ1) is 17.0. The maximum Gasteiger partial charge on any atom is 0.249 e. The number of nitrogens with two attached hydrogens (primary N) is 1. The SMILES string of the molecule is Cc1ccc(NC(=O)Cc2cc(Cl)cc3ccccc23)cc1C(N)=O. The van der Waals surface area contributed by atoms with Crippen LogP contribution in [0.2, 0.25) is 5.02 Å². The molecule has 126 valence electrons. The van der Waals surface area contributed by atoms with Gasteiger partial charge in [0.2, 0.25) is 11.8 Å². The Hall–Kier alpha value is -2.85. The first-order chi connectivity index (χ1) is 11.9. The second kappa shape index (κ2) is 6.95. The van der Waals surface area contributed by atoms with Gasteiger partial charge in [0.25, 0.3) is 0 Å². The molecule has 0 aliphatic carbocycles. The Morgan fingerprint density at radius 2 is 1.84 bits per heavy atom. The van der Waals surface area contributed by atoms with Gasteiger partial charge in [0.1, 0.15) is 0 Å². The van der Waals surface area contributed by atoms with Gasteiger partial charge in [-0.1, -0.05) is 41.9 Å². The second-order valence-electron chi connectivity index (χ2n) is 5.90. The van der Waals surface area contributed by atoms with Gasteiger partial charge >= 0.3 is 0 Å². The van der Waals surface area contributed by atoms with Crippen molar-refractivity contribution in [2.45, 2.75) is 13.3 Å². The minimum Gasteiger partial charge on any atom is -0.366 e. The van der Waals surface area contributed by atoms with Crippen LogP contribution in [0.25, 0.3) is 10.8 Å². The number of halogens is 1. The fraction of sp³-hybridized carbons (Fsp3) is 0.100. The fourth-order valence-corrected chi connectivity index (χ4v) is 3.09.